The van der Waals surface area contributed by atoms with Crippen molar-refractivity contribution < 1.29 is 0 Å². The van der Waals surface area contributed by atoms with Gasteiger partial charge in [-0.25, -0.2) is 9.97 Å². The number of hydrogen-bond acceptors (Lipinski definition) is 3. The zero-order valence-corrected chi connectivity index (χ0v) is 33.9. The zero-order chi connectivity index (χ0) is 40.7. The van der Waals surface area contributed by atoms with Crippen LogP contribution in [0, 0.1) is 0 Å². The third-order valence-electron chi connectivity index (χ3n) is 13.0. The summed E-state index contributed by atoms with van der Waals surface area (Å²) in [5.41, 5.74) is 14.8. The van der Waals surface area contributed by atoms with Crippen molar-refractivity contribution in [1.29, 1.82) is 0 Å². The largest absolute Gasteiger partial charge is 0.264 e. The van der Waals surface area contributed by atoms with E-state index in [0.717, 1.165) is 44.6 Å². The molecule has 12 rings (SSSR count). The van der Waals surface area contributed by atoms with Gasteiger partial charge in [-0.15, -0.1) is 0 Å². The van der Waals surface area contributed by atoms with Gasteiger partial charge in [0.1, 0.15) is 0 Å². The van der Waals surface area contributed by atoms with E-state index in [2.05, 4.69) is 201 Å². The third kappa shape index (κ3) is 5.62. The smallest absolute Gasteiger partial charge is 0.160 e. The van der Waals surface area contributed by atoms with Gasteiger partial charge in [0, 0.05) is 34.5 Å². The predicted octanol–water partition coefficient (Wildman–Crippen LogP) is 15.1. The van der Waals surface area contributed by atoms with Crippen LogP contribution in [-0.2, 0) is 5.41 Å². The fraction of sp³-hybridized carbons (Fsp3) is 0.0517. The highest BCUT2D eigenvalue weighted by atomic mass is 14.9. The molecule has 2 heterocycles. The Morgan fingerprint density at radius 3 is 1.61 bits per heavy atom. The Kier molecular flexibility index (Phi) is 7.88. The lowest BCUT2D eigenvalue weighted by atomic mass is 9.81. The molecule has 2 aromatic heterocycles. The maximum absolute atomic E-state index is 5.44. The van der Waals surface area contributed by atoms with Gasteiger partial charge in [-0.3, -0.25) is 4.98 Å². The second kappa shape index (κ2) is 13.7. The Balaban J connectivity index is 1.03. The molecule has 0 radical (unpaired) electrons. The molecule has 3 heteroatoms. The number of nitrogens with zero attached hydrogens (tertiary/aromatic N) is 3. The summed E-state index contributed by atoms with van der Waals surface area (Å²) in [5.74, 6) is 0.688. The van der Waals surface area contributed by atoms with E-state index in [1.165, 1.54) is 71.1 Å². The second-order valence-electron chi connectivity index (χ2n) is 16.8. The molecular formula is C58H39N3. The van der Waals surface area contributed by atoms with Crippen molar-refractivity contribution in [3.63, 3.8) is 0 Å². The van der Waals surface area contributed by atoms with E-state index < -0.39 is 0 Å². The molecule has 0 fully saturated rings. The van der Waals surface area contributed by atoms with Crippen molar-refractivity contribution in [1.82, 2.24) is 15.0 Å². The van der Waals surface area contributed by atoms with E-state index in [0.29, 0.717) is 5.82 Å². The lowest BCUT2D eigenvalue weighted by molar-refractivity contribution is 0.660. The third-order valence-corrected chi connectivity index (χ3v) is 13.0. The predicted molar refractivity (Wildman–Crippen MR) is 255 cm³/mol. The fourth-order valence-electron chi connectivity index (χ4n) is 9.90. The summed E-state index contributed by atoms with van der Waals surface area (Å²) in [4.78, 5) is 15.1. The van der Waals surface area contributed by atoms with Gasteiger partial charge >= 0.3 is 0 Å². The van der Waals surface area contributed by atoms with E-state index in [-0.39, 0.29) is 5.41 Å². The maximum Gasteiger partial charge on any atom is 0.160 e. The highest BCUT2D eigenvalue weighted by Crippen LogP contribution is 2.50. The summed E-state index contributed by atoms with van der Waals surface area (Å²) in [6.07, 6.45) is 3.71. The molecule has 0 amide bonds. The van der Waals surface area contributed by atoms with Crippen molar-refractivity contribution in [3.05, 3.63) is 212 Å². The molecule has 0 aliphatic heterocycles. The number of pyridine rings is 1. The van der Waals surface area contributed by atoms with E-state index >= 15 is 0 Å². The summed E-state index contributed by atoms with van der Waals surface area (Å²) >= 11 is 0. The number of hydrogen-bond donors (Lipinski definition) is 0. The van der Waals surface area contributed by atoms with Gasteiger partial charge in [0.15, 0.2) is 5.82 Å². The van der Waals surface area contributed by atoms with Crippen LogP contribution in [0.15, 0.2) is 200 Å². The van der Waals surface area contributed by atoms with Crippen LogP contribution >= 0.6 is 0 Å². The minimum Gasteiger partial charge on any atom is -0.264 e. The van der Waals surface area contributed by atoms with Crippen LogP contribution in [0.2, 0.25) is 0 Å². The molecule has 0 saturated heterocycles. The maximum atomic E-state index is 5.44. The van der Waals surface area contributed by atoms with Gasteiger partial charge in [0.05, 0.1) is 11.4 Å². The van der Waals surface area contributed by atoms with Gasteiger partial charge < -0.3 is 0 Å². The molecule has 286 valence electrons. The molecule has 0 N–H and O–H groups in total. The lowest BCUT2D eigenvalue weighted by Gasteiger charge is -2.22. The summed E-state index contributed by atoms with van der Waals surface area (Å²) in [6, 6.07) is 68.1. The Hall–Kier alpha value is -7.75. The quantitative estimate of drug-likeness (QED) is 0.163. The molecule has 61 heavy (non-hydrogen) atoms. The standard InChI is InChI=1S/C58H39N3/c1-58(2)52-20-10-9-17-46(52)47-30-29-40(32-53(47)58)36-23-27-39(28-24-36)57-60-54(38-25-21-37(22-26-38)41-12-11-31-59-35-41)34-55(61-57)50-33-51-44-15-4-3-13-42(44)43-14-5-7-18-48(43)56(51)49-19-8-6-16-45(49)50/h3-35H,1-2H3. The van der Waals surface area contributed by atoms with Gasteiger partial charge in [-0.1, -0.05) is 178 Å². The first-order valence-corrected chi connectivity index (χ1v) is 21.0. The van der Waals surface area contributed by atoms with Crippen LogP contribution in [0.4, 0.5) is 0 Å². The molecule has 0 atom stereocenters. The number of rotatable bonds is 5. The fourth-order valence-corrected chi connectivity index (χ4v) is 9.90. The number of aromatic nitrogens is 3. The summed E-state index contributed by atoms with van der Waals surface area (Å²) < 4.78 is 0. The van der Waals surface area contributed by atoms with E-state index in [4.69, 9.17) is 9.97 Å². The normalized spacial score (nSPS) is 12.9. The average Bonchev–Trinajstić information content (AvgIpc) is 3.56. The molecular weight excluding hydrogens is 739 g/mol. The average molecular weight is 778 g/mol. The van der Waals surface area contributed by atoms with E-state index in [1.54, 1.807) is 0 Å². The topological polar surface area (TPSA) is 38.7 Å². The molecule has 11 aromatic rings. The van der Waals surface area contributed by atoms with Crippen molar-refractivity contribution in [3.8, 4) is 67.3 Å². The molecule has 0 bridgehead atoms. The molecule has 3 nitrogen and oxygen atoms in total. The first-order valence-electron chi connectivity index (χ1n) is 21.0. The first kappa shape index (κ1) is 35.2. The monoisotopic (exact) mass is 777 g/mol. The van der Waals surface area contributed by atoms with Gasteiger partial charge in [-0.05, 0) is 112 Å². The van der Waals surface area contributed by atoms with Crippen molar-refractivity contribution in [2.45, 2.75) is 19.3 Å². The Morgan fingerprint density at radius 2 is 0.885 bits per heavy atom. The van der Waals surface area contributed by atoms with Crippen LogP contribution in [-0.4, -0.2) is 15.0 Å². The minimum absolute atomic E-state index is 0.0604. The molecule has 1 aliphatic rings. The Bertz CT molecular complexity index is 3530. The van der Waals surface area contributed by atoms with Crippen molar-refractivity contribution >= 4 is 43.1 Å². The van der Waals surface area contributed by atoms with Crippen LogP contribution < -0.4 is 0 Å². The summed E-state index contributed by atoms with van der Waals surface area (Å²) in [7, 11) is 0. The Labute approximate surface area is 354 Å². The van der Waals surface area contributed by atoms with E-state index in [1.807, 2.05) is 18.5 Å². The summed E-state index contributed by atoms with van der Waals surface area (Å²) in [5, 5.41) is 9.87. The molecule has 0 saturated carbocycles. The van der Waals surface area contributed by atoms with Crippen molar-refractivity contribution in [2.24, 2.45) is 0 Å². The lowest BCUT2D eigenvalue weighted by Crippen LogP contribution is -2.14. The molecule has 0 spiro atoms. The van der Waals surface area contributed by atoms with Gasteiger partial charge in [0.2, 0.25) is 0 Å². The van der Waals surface area contributed by atoms with E-state index in [9.17, 15) is 0 Å². The van der Waals surface area contributed by atoms with Gasteiger partial charge in [-0.2, -0.15) is 0 Å². The highest BCUT2D eigenvalue weighted by molar-refractivity contribution is 6.33. The van der Waals surface area contributed by atoms with Crippen LogP contribution in [0.25, 0.3) is 110 Å². The second-order valence-corrected chi connectivity index (χ2v) is 16.8. The SMILES string of the molecule is CC1(C)c2ccccc2-c2ccc(-c3ccc(-c4nc(-c5ccc(-c6cccnc6)cc5)cc(-c5cc6c7ccccc7c7ccccc7c6c6ccccc56)n4)cc3)cc21. The number of benzene rings is 9. The number of fused-ring (bicyclic) bond motifs is 11. The van der Waals surface area contributed by atoms with Crippen LogP contribution in [0.5, 0.6) is 0 Å². The van der Waals surface area contributed by atoms with Crippen LogP contribution in [0.3, 0.4) is 0 Å². The van der Waals surface area contributed by atoms with Crippen LogP contribution in [0.1, 0.15) is 25.0 Å². The Morgan fingerprint density at radius 1 is 0.344 bits per heavy atom. The summed E-state index contributed by atoms with van der Waals surface area (Å²) in [6.45, 7) is 4.67. The van der Waals surface area contributed by atoms with Crippen molar-refractivity contribution in [2.75, 3.05) is 0 Å². The molecule has 1 aliphatic carbocycles. The molecule has 9 aromatic carbocycles. The highest BCUT2D eigenvalue weighted by Gasteiger charge is 2.35. The zero-order valence-electron chi connectivity index (χ0n) is 33.9. The first-order chi connectivity index (χ1) is 30.0. The van der Waals surface area contributed by atoms with Gasteiger partial charge in [0.25, 0.3) is 0 Å². The minimum atomic E-state index is -0.0604. The molecule has 0 unspecified atom stereocenters.